The van der Waals surface area contributed by atoms with Gasteiger partial charge in [0.25, 0.3) is 0 Å². The summed E-state index contributed by atoms with van der Waals surface area (Å²) in [5, 5.41) is 27.7. The minimum absolute atomic E-state index is 0.0494. The minimum Gasteiger partial charge on any atom is -0.389 e. The molecule has 2 N–H and O–H groups in total. The number of benzene rings is 1. The Labute approximate surface area is 105 Å². The second kappa shape index (κ2) is 4.66. The van der Waals surface area contributed by atoms with Crippen LogP contribution in [0, 0.1) is 11.3 Å². The molecule has 1 aliphatic rings. The van der Waals surface area contributed by atoms with E-state index in [-0.39, 0.29) is 23.5 Å². The van der Waals surface area contributed by atoms with E-state index < -0.39 is 22.2 Å². The number of β-amino-alcohol motifs (C(OH)–C–C–N with tert-alkyl or cyclic N) is 2. The van der Waals surface area contributed by atoms with Crippen molar-refractivity contribution in [1.29, 1.82) is 5.26 Å². The lowest BCUT2D eigenvalue weighted by Crippen LogP contribution is -2.30. The molecule has 1 heterocycles. The number of rotatable bonds is 2. The molecule has 1 aliphatic heterocycles. The predicted molar refractivity (Wildman–Crippen MR) is 61.9 cm³/mol. The fraction of sp³-hybridized carbons (Fsp3) is 0.364. The van der Waals surface area contributed by atoms with Crippen molar-refractivity contribution >= 4 is 10.0 Å². The van der Waals surface area contributed by atoms with E-state index in [9.17, 15) is 18.6 Å². The van der Waals surface area contributed by atoms with Crippen LogP contribution in [0.2, 0.25) is 0 Å². The Bertz CT molecular complexity index is 583. The molecule has 1 aromatic carbocycles. The highest BCUT2D eigenvalue weighted by atomic mass is 32.2. The first kappa shape index (κ1) is 13.0. The van der Waals surface area contributed by atoms with Crippen LogP contribution in [0.3, 0.4) is 0 Å². The van der Waals surface area contributed by atoms with E-state index in [0.29, 0.717) is 0 Å². The van der Waals surface area contributed by atoms with Gasteiger partial charge in [-0.3, -0.25) is 0 Å². The molecule has 0 aliphatic carbocycles. The van der Waals surface area contributed by atoms with Gasteiger partial charge < -0.3 is 10.2 Å². The zero-order chi connectivity index (χ0) is 13.3. The zero-order valence-electron chi connectivity index (χ0n) is 9.39. The first-order valence-electron chi connectivity index (χ1n) is 5.32. The summed E-state index contributed by atoms with van der Waals surface area (Å²) in [6.45, 7) is -0.327. The number of hydrogen-bond acceptors (Lipinski definition) is 5. The van der Waals surface area contributed by atoms with Gasteiger partial charge in [-0.1, -0.05) is 12.1 Å². The lowest BCUT2D eigenvalue weighted by atomic mass is 10.2. The number of sulfonamides is 1. The fourth-order valence-corrected chi connectivity index (χ4v) is 3.47. The van der Waals surface area contributed by atoms with E-state index in [0.717, 1.165) is 4.31 Å². The van der Waals surface area contributed by atoms with Crippen LogP contribution in [0.25, 0.3) is 0 Å². The maximum Gasteiger partial charge on any atom is 0.244 e. The van der Waals surface area contributed by atoms with Crippen molar-refractivity contribution in [1.82, 2.24) is 4.31 Å². The van der Waals surface area contributed by atoms with Crippen LogP contribution in [0.4, 0.5) is 0 Å². The Kier molecular flexibility index (Phi) is 3.36. The normalized spacial score (nSPS) is 24.9. The van der Waals surface area contributed by atoms with Gasteiger partial charge in [0.15, 0.2) is 0 Å². The molecular formula is C11H12N2O4S. The van der Waals surface area contributed by atoms with Crippen LogP contribution in [-0.2, 0) is 10.0 Å². The van der Waals surface area contributed by atoms with Crippen LogP contribution in [0.5, 0.6) is 0 Å². The predicted octanol–water partition coefficient (Wildman–Crippen LogP) is -0.716. The molecule has 1 aromatic rings. The van der Waals surface area contributed by atoms with Gasteiger partial charge in [0.05, 0.1) is 22.7 Å². The van der Waals surface area contributed by atoms with Gasteiger partial charge in [0.2, 0.25) is 10.0 Å². The van der Waals surface area contributed by atoms with Gasteiger partial charge >= 0.3 is 0 Å². The molecule has 0 amide bonds. The quantitative estimate of drug-likeness (QED) is 0.737. The summed E-state index contributed by atoms with van der Waals surface area (Å²) in [6, 6.07) is 7.67. The third-order valence-electron chi connectivity index (χ3n) is 2.85. The molecule has 1 saturated heterocycles. The fourth-order valence-electron chi connectivity index (χ4n) is 1.85. The third-order valence-corrected chi connectivity index (χ3v) is 4.74. The molecule has 7 heteroatoms. The molecule has 2 unspecified atom stereocenters. The largest absolute Gasteiger partial charge is 0.389 e. The summed E-state index contributed by atoms with van der Waals surface area (Å²) in [6.07, 6.45) is -2.18. The molecule has 1 fully saturated rings. The van der Waals surface area contributed by atoms with Crippen LogP contribution in [-0.4, -0.2) is 48.2 Å². The van der Waals surface area contributed by atoms with Crippen molar-refractivity contribution in [3.63, 3.8) is 0 Å². The highest BCUT2D eigenvalue weighted by molar-refractivity contribution is 7.89. The smallest absolute Gasteiger partial charge is 0.244 e. The van der Waals surface area contributed by atoms with E-state index in [2.05, 4.69) is 0 Å². The van der Waals surface area contributed by atoms with Crippen LogP contribution in [0.1, 0.15) is 5.56 Å². The van der Waals surface area contributed by atoms with Gasteiger partial charge in [-0.25, -0.2) is 8.42 Å². The Morgan fingerprint density at radius 3 is 2.33 bits per heavy atom. The molecule has 0 radical (unpaired) electrons. The number of hydrogen-bond donors (Lipinski definition) is 2. The van der Waals surface area contributed by atoms with E-state index in [4.69, 9.17) is 5.26 Å². The molecular weight excluding hydrogens is 256 g/mol. The summed E-state index contributed by atoms with van der Waals surface area (Å²) < 4.78 is 25.5. The maximum absolute atomic E-state index is 12.3. The van der Waals surface area contributed by atoms with Crippen molar-refractivity contribution in [2.75, 3.05) is 13.1 Å². The van der Waals surface area contributed by atoms with Gasteiger partial charge in [0.1, 0.15) is 6.07 Å². The van der Waals surface area contributed by atoms with E-state index >= 15 is 0 Å². The SMILES string of the molecule is N#Cc1ccccc1S(=O)(=O)N1CC(O)C(O)C1. The highest BCUT2D eigenvalue weighted by Gasteiger charge is 2.38. The maximum atomic E-state index is 12.3. The Balaban J connectivity index is 2.41. The van der Waals surface area contributed by atoms with Crippen molar-refractivity contribution in [2.45, 2.75) is 17.1 Å². The minimum atomic E-state index is -3.86. The molecule has 0 bridgehead atoms. The molecule has 96 valence electrons. The van der Waals surface area contributed by atoms with Gasteiger partial charge in [-0.2, -0.15) is 9.57 Å². The van der Waals surface area contributed by atoms with Gasteiger partial charge in [0, 0.05) is 13.1 Å². The van der Waals surface area contributed by atoms with Crippen molar-refractivity contribution in [3.8, 4) is 6.07 Å². The van der Waals surface area contributed by atoms with E-state index in [1.165, 1.54) is 18.2 Å². The number of aliphatic hydroxyl groups excluding tert-OH is 2. The third kappa shape index (κ3) is 2.11. The van der Waals surface area contributed by atoms with Crippen LogP contribution >= 0.6 is 0 Å². The molecule has 0 saturated carbocycles. The van der Waals surface area contributed by atoms with Gasteiger partial charge in [-0.05, 0) is 12.1 Å². The molecule has 18 heavy (non-hydrogen) atoms. The topological polar surface area (TPSA) is 102 Å². The molecule has 0 aromatic heterocycles. The first-order chi connectivity index (χ1) is 8.46. The number of nitriles is 1. The summed E-state index contributed by atoms with van der Waals surface area (Å²) >= 11 is 0. The molecule has 6 nitrogen and oxygen atoms in total. The second-order valence-corrected chi connectivity index (χ2v) is 5.97. The zero-order valence-corrected chi connectivity index (χ0v) is 10.2. The average Bonchev–Trinajstić information content (AvgIpc) is 2.70. The summed E-state index contributed by atoms with van der Waals surface area (Å²) in [7, 11) is -3.86. The summed E-state index contributed by atoms with van der Waals surface area (Å²) in [5.74, 6) is 0. The Morgan fingerprint density at radius 2 is 1.78 bits per heavy atom. The molecule has 2 atom stereocenters. The van der Waals surface area contributed by atoms with Crippen molar-refractivity contribution < 1.29 is 18.6 Å². The monoisotopic (exact) mass is 268 g/mol. The number of nitrogens with zero attached hydrogens (tertiary/aromatic N) is 2. The van der Waals surface area contributed by atoms with Crippen molar-refractivity contribution in [2.24, 2.45) is 0 Å². The summed E-state index contributed by atoms with van der Waals surface area (Å²) in [4.78, 5) is -0.103. The lowest BCUT2D eigenvalue weighted by molar-refractivity contribution is 0.0572. The van der Waals surface area contributed by atoms with E-state index in [1.807, 2.05) is 6.07 Å². The standard InChI is InChI=1S/C11H12N2O4S/c12-5-8-3-1-2-4-11(8)18(16,17)13-6-9(14)10(15)7-13/h1-4,9-10,14-15H,6-7H2. The van der Waals surface area contributed by atoms with E-state index in [1.54, 1.807) is 6.07 Å². The van der Waals surface area contributed by atoms with Gasteiger partial charge in [-0.15, -0.1) is 0 Å². The average molecular weight is 268 g/mol. The van der Waals surface area contributed by atoms with Crippen molar-refractivity contribution in [3.05, 3.63) is 29.8 Å². The Morgan fingerprint density at radius 1 is 1.22 bits per heavy atom. The highest BCUT2D eigenvalue weighted by Crippen LogP contribution is 2.23. The van der Waals surface area contributed by atoms with Crippen LogP contribution < -0.4 is 0 Å². The van der Waals surface area contributed by atoms with Crippen LogP contribution in [0.15, 0.2) is 29.2 Å². The Hall–Kier alpha value is -1.46. The second-order valence-electron chi connectivity index (χ2n) is 4.06. The lowest BCUT2D eigenvalue weighted by Gasteiger charge is -2.16. The molecule has 0 spiro atoms. The first-order valence-corrected chi connectivity index (χ1v) is 6.76. The molecule has 2 rings (SSSR count). The number of aliphatic hydroxyl groups is 2. The summed E-state index contributed by atoms with van der Waals surface area (Å²) in [5.41, 5.74) is 0.0494.